The van der Waals surface area contributed by atoms with Gasteiger partial charge in [-0.25, -0.2) is 4.79 Å². The van der Waals surface area contributed by atoms with Gasteiger partial charge in [-0.05, 0) is 38.7 Å². The molecule has 2 rings (SSSR count). The number of ether oxygens (including phenoxy) is 1. The normalized spacial score (nSPS) is 24.6. The molecule has 18 heavy (non-hydrogen) atoms. The molecule has 1 aromatic carbocycles. The standard InChI is InChI=1S/C14H20N2O2/c1-10-5-6-11(7-13(10)14(17)18-4)16-8-12(9-16)15(2)3/h5-7,12H,8-9H2,1-4H3/i8D2,9D2. The molecule has 1 aliphatic heterocycles. The molecule has 0 atom stereocenters. The zero-order chi connectivity index (χ0) is 16.9. The maximum absolute atomic E-state index is 11.8. The lowest BCUT2D eigenvalue weighted by Gasteiger charge is -2.44. The van der Waals surface area contributed by atoms with Gasteiger partial charge in [0.15, 0.2) is 0 Å². The average Bonchev–Trinajstić information content (AvgIpc) is 2.37. The minimum Gasteiger partial charge on any atom is -0.465 e. The molecule has 0 unspecified atom stereocenters. The van der Waals surface area contributed by atoms with Crippen molar-refractivity contribution in [2.24, 2.45) is 0 Å². The lowest BCUT2D eigenvalue weighted by Crippen LogP contribution is -2.57. The number of hydrogen-bond donors (Lipinski definition) is 0. The molecular formula is C14H20N2O2. The molecule has 4 nitrogen and oxygen atoms in total. The molecular weight excluding hydrogens is 228 g/mol. The van der Waals surface area contributed by atoms with E-state index in [4.69, 9.17) is 10.2 Å². The van der Waals surface area contributed by atoms with Gasteiger partial charge in [0.25, 0.3) is 0 Å². The molecule has 1 aliphatic rings. The number of anilines is 1. The molecule has 0 saturated carbocycles. The van der Waals surface area contributed by atoms with Crippen LogP contribution in [0.3, 0.4) is 0 Å². The number of methoxy groups -OCH3 is 1. The van der Waals surface area contributed by atoms with Crippen LogP contribution in [0, 0.1) is 6.92 Å². The lowest BCUT2D eigenvalue weighted by atomic mass is 10.0. The van der Waals surface area contributed by atoms with Crippen molar-refractivity contribution in [2.75, 3.05) is 39.1 Å². The molecule has 1 aromatic rings. The van der Waals surface area contributed by atoms with Gasteiger partial charge in [0.1, 0.15) is 0 Å². The van der Waals surface area contributed by atoms with Crippen molar-refractivity contribution in [2.45, 2.75) is 13.0 Å². The van der Waals surface area contributed by atoms with Gasteiger partial charge in [-0.1, -0.05) is 6.07 Å². The van der Waals surface area contributed by atoms with Crippen LogP contribution in [0.4, 0.5) is 5.69 Å². The minimum atomic E-state index is -1.88. The fourth-order valence-corrected chi connectivity index (χ4v) is 1.70. The summed E-state index contributed by atoms with van der Waals surface area (Å²) in [7, 11) is 4.57. The van der Waals surface area contributed by atoms with E-state index in [9.17, 15) is 4.79 Å². The third kappa shape index (κ3) is 2.34. The number of carbonyl (C=O) groups excluding carboxylic acids is 1. The molecule has 0 spiro atoms. The van der Waals surface area contributed by atoms with E-state index in [1.807, 2.05) is 0 Å². The number of hydrogen-bond acceptors (Lipinski definition) is 4. The summed E-state index contributed by atoms with van der Waals surface area (Å²) in [6, 6.07) is 3.85. The predicted molar refractivity (Wildman–Crippen MR) is 72.2 cm³/mol. The van der Waals surface area contributed by atoms with Crippen LogP contribution in [0.15, 0.2) is 18.2 Å². The molecule has 1 saturated heterocycles. The van der Waals surface area contributed by atoms with Crippen molar-refractivity contribution in [3.8, 4) is 0 Å². The van der Waals surface area contributed by atoms with Crippen molar-refractivity contribution in [3.63, 3.8) is 0 Å². The predicted octanol–water partition coefficient (Wildman–Crippen LogP) is 1.53. The van der Waals surface area contributed by atoms with Crippen molar-refractivity contribution in [1.29, 1.82) is 0 Å². The molecule has 1 fully saturated rings. The van der Waals surface area contributed by atoms with Gasteiger partial charge < -0.3 is 14.5 Å². The molecule has 0 aliphatic carbocycles. The molecule has 0 radical (unpaired) electrons. The lowest BCUT2D eigenvalue weighted by molar-refractivity contribution is 0.0600. The Hall–Kier alpha value is -1.55. The first-order chi connectivity index (χ1) is 10.0. The first kappa shape index (κ1) is 8.53. The highest BCUT2D eigenvalue weighted by Crippen LogP contribution is 2.25. The maximum atomic E-state index is 11.8. The molecule has 0 N–H and O–H groups in total. The van der Waals surface area contributed by atoms with Crippen molar-refractivity contribution in [1.82, 2.24) is 4.90 Å². The molecule has 98 valence electrons. The fourth-order valence-electron chi connectivity index (χ4n) is 1.70. The highest BCUT2D eigenvalue weighted by Gasteiger charge is 2.28. The van der Waals surface area contributed by atoms with E-state index in [1.165, 1.54) is 18.1 Å². The number of aryl methyl sites for hydroxylation is 1. The third-order valence-electron chi connectivity index (χ3n) is 2.90. The number of esters is 1. The maximum Gasteiger partial charge on any atom is 0.338 e. The van der Waals surface area contributed by atoms with E-state index in [2.05, 4.69) is 0 Å². The van der Waals surface area contributed by atoms with Crippen LogP contribution in [-0.2, 0) is 4.74 Å². The van der Waals surface area contributed by atoms with Gasteiger partial charge in [-0.15, -0.1) is 0 Å². The Morgan fingerprint density at radius 1 is 1.50 bits per heavy atom. The van der Waals surface area contributed by atoms with E-state index in [1.54, 1.807) is 33.2 Å². The van der Waals surface area contributed by atoms with Crippen LogP contribution in [0.5, 0.6) is 0 Å². The zero-order valence-corrected chi connectivity index (χ0v) is 11.0. The number of nitrogens with zero attached hydrogens (tertiary/aromatic N) is 2. The Balaban J connectivity index is 2.47. The van der Waals surface area contributed by atoms with Crippen molar-refractivity contribution >= 4 is 11.7 Å². The Labute approximate surface area is 114 Å². The topological polar surface area (TPSA) is 32.8 Å². The number of carbonyl (C=O) groups is 1. The summed E-state index contributed by atoms with van der Waals surface area (Å²) in [4.78, 5) is 14.4. The first-order valence-corrected chi connectivity index (χ1v) is 5.71. The highest BCUT2D eigenvalue weighted by molar-refractivity contribution is 5.92. The Morgan fingerprint density at radius 2 is 2.17 bits per heavy atom. The fraction of sp³-hybridized carbons (Fsp3) is 0.500. The SMILES string of the molecule is [2H]C1([2H])C(N(C)C)C([2H])([2H])N1c1ccc(C)c(C(=O)OC)c1. The summed E-state index contributed by atoms with van der Waals surface area (Å²) in [6.45, 7) is -2.01. The number of likely N-dealkylation sites (N-methyl/N-ethyl adjacent to an activating group) is 1. The summed E-state index contributed by atoms with van der Waals surface area (Å²) in [5.74, 6) is -0.523. The van der Waals surface area contributed by atoms with Crippen LogP contribution in [0.1, 0.15) is 21.4 Å². The summed E-state index contributed by atoms with van der Waals surface area (Å²) < 4.78 is 37.4. The van der Waals surface area contributed by atoms with Crippen LogP contribution < -0.4 is 4.90 Å². The second-order valence-corrected chi connectivity index (χ2v) is 4.45. The Kier molecular flexibility index (Phi) is 2.36. The van der Waals surface area contributed by atoms with Crippen LogP contribution >= 0.6 is 0 Å². The second kappa shape index (κ2) is 4.98. The van der Waals surface area contributed by atoms with E-state index in [0.29, 0.717) is 16.8 Å². The average molecular weight is 252 g/mol. The zero-order valence-electron chi connectivity index (χ0n) is 15.0. The summed E-state index contributed by atoms with van der Waals surface area (Å²) in [6.07, 6.45) is 0. The van der Waals surface area contributed by atoms with E-state index in [0.717, 1.165) is 4.90 Å². The quantitative estimate of drug-likeness (QED) is 0.764. The molecule has 0 amide bonds. The van der Waals surface area contributed by atoms with Crippen molar-refractivity contribution < 1.29 is 15.0 Å². The number of benzene rings is 1. The molecule has 0 bridgehead atoms. The third-order valence-corrected chi connectivity index (χ3v) is 2.90. The van der Waals surface area contributed by atoms with Gasteiger partial charge in [0.05, 0.1) is 18.2 Å². The molecule has 0 aromatic heterocycles. The Morgan fingerprint density at radius 3 is 2.72 bits per heavy atom. The van der Waals surface area contributed by atoms with Gasteiger partial charge in [-0.2, -0.15) is 0 Å². The summed E-state index contributed by atoms with van der Waals surface area (Å²) in [5.41, 5.74) is 1.32. The van der Waals surface area contributed by atoms with Crippen LogP contribution in [0.2, 0.25) is 0 Å². The van der Waals surface area contributed by atoms with Crippen molar-refractivity contribution in [3.05, 3.63) is 29.3 Å². The Bertz CT molecular complexity index is 589. The summed E-state index contributed by atoms with van der Waals surface area (Å²) >= 11 is 0. The highest BCUT2D eigenvalue weighted by atomic mass is 16.5. The largest absolute Gasteiger partial charge is 0.465 e. The summed E-state index contributed by atoms with van der Waals surface area (Å²) in [5, 5.41) is 0. The molecule has 1 heterocycles. The number of rotatable bonds is 3. The van der Waals surface area contributed by atoms with Crippen LogP contribution in [0.25, 0.3) is 0 Å². The second-order valence-electron chi connectivity index (χ2n) is 4.45. The monoisotopic (exact) mass is 252 g/mol. The van der Waals surface area contributed by atoms with Gasteiger partial charge >= 0.3 is 5.97 Å². The van der Waals surface area contributed by atoms with E-state index in [-0.39, 0.29) is 0 Å². The van der Waals surface area contributed by atoms with Gasteiger partial charge in [0, 0.05) is 24.7 Å². The smallest absolute Gasteiger partial charge is 0.338 e. The molecule has 4 heteroatoms. The first-order valence-electron chi connectivity index (χ1n) is 7.71. The van der Waals surface area contributed by atoms with Gasteiger partial charge in [-0.3, -0.25) is 0 Å². The van der Waals surface area contributed by atoms with E-state index >= 15 is 0 Å². The van der Waals surface area contributed by atoms with Crippen LogP contribution in [-0.4, -0.2) is 51.1 Å². The minimum absolute atomic E-state index is 0.305. The van der Waals surface area contributed by atoms with Gasteiger partial charge in [0.2, 0.25) is 0 Å². The van der Waals surface area contributed by atoms with E-state index < -0.39 is 25.0 Å².